The molecule has 0 radical (unpaired) electrons. The molecule has 2 amide bonds. The zero-order valence-electron chi connectivity index (χ0n) is 15.6. The molecule has 0 saturated heterocycles. The summed E-state index contributed by atoms with van der Waals surface area (Å²) < 4.78 is 5.26. The smallest absolute Gasteiger partial charge is 0.407 e. The third-order valence-electron chi connectivity index (χ3n) is 3.33. The maximum Gasteiger partial charge on any atom is 0.407 e. The minimum atomic E-state index is -0.569. The Hall–Kier alpha value is -2.08. The highest BCUT2D eigenvalue weighted by Crippen LogP contribution is 2.10. The molecule has 1 aromatic carbocycles. The highest BCUT2D eigenvalue weighted by Gasteiger charge is 2.21. The van der Waals surface area contributed by atoms with E-state index >= 15 is 0 Å². The van der Waals surface area contributed by atoms with Crippen LogP contribution in [0.15, 0.2) is 30.3 Å². The zero-order valence-corrected chi connectivity index (χ0v) is 15.6. The number of hydrogen-bond acceptors (Lipinski definition) is 4. The normalized spacial score (nSPS) is 12.3. The lowest BCUT2D eigenvalue weighted by Crippen LogP contribution is -2.41. The average Bonchev–Trinajstić information content (AvgIpc) is 2.51. The van der Waals surface area contributed by atoms with Crippen molar-refractivity contribution in [2.75, 3.05) is 0 Å². The number of amides is 2. The van der Waals surface area contributed by atoms with Crippen LogP contribution in [0.4, 0.5) is 4.79 Å². The van der Waals surface area contributed by atoms with Crippen LogP contribution in [0.5, 0.6) is 0 Å². The van der Waals surface area contributed by atoms with Crippen molar-refractivity contribution >= 4 is 12.0 Å². The predicted molar refractivity (Wildman–Crippen MR) is 96.7 cm³/mol. The summed E-state index contributed by atoms with van der Waals surface area (Å²) >= 11 is 0. The highest BCUT2D eigenvalue weighted by molar-refractivity contribution is 5.76. The van der Waals surface area contributed by atoms with E-state index in [9.17, 15) is 9.59 Å². The predicted octanol–water partition coefficient (Wildman–Crippen LogP) is 3.71. The van der Waals surface area contributed by atoms with Gasteiger partial charge in [0, 0.05) is 12.5 Å². The second-order valence-electron chi connectivity index (χ2n) is 6.99. The number of ether oxygens (including phenoxy) is 1. The van der Waals surface area contributed by atoms with E-state index in [1.807, 2.05) is 30.3 Å². The molecule has 25 heavy (non-hydrogen) atoms. The number of rotatable bonds is 9. The number of hydrogen-bond donors (Lipinski definition) is 2. The lowest BCUT2D eigenvalue weighted by Gasteiger charge is -2.23. The molecule has 0 aromatic heterocycles. The highest BCUT2D eigenvalue weighted by atomic mass is 16.6. The molecule has 0 aliphatic heterocycles. The molecule has 1 atom stereocenters. The van der Waals surface area contributed by atoms with Crippen LogP contribution >= 0.6 is 0 Å². The van der Waals surface area contributed by atoms with E-state index in [1.54, 1.807) is 20.8 Å². The second-order valence-corrected chi connectivity index (χ2v) is 6.99. The van der Waals surface area contributed by atoms with E-state index in [0.29, 0.717) is 13.0 Å². The molecule has 0 unspecified atom stereocenters. The first kappa shape index (κ1) is 21.0. The molecule has 0 aliphatic rings. The number of unbranched alkanes of at least 4 members (excludes halogenated alkanes) is 1. The molecule has 6 nitrogen and oxygen atoms in total. The van der Waals surface area contributed by atoms with Gasteiger partial charge in [0.25, 0.3) is 0 Å². The van der Waals surface area contributed by atoms with E-state index in [2.05, 4.69) is 17.7 Å². The summed E-state index contributed by atoms with van der Waals surface area (Å²) in [6, 6.07) is 9.29. The second kappa shape index (κ2) is 10.7. The summed E-state index contributed by atoms with van der Waals surface area (Å²) in [6.45, 7) is 7.77. The Morgan fingerprint density at radius 3 is 2.44 bits per heavy atom. The number of nitrogens with one attached hydrogen (secondary N) is 2. The third kappa shape index (κ3) is 10.4. The van der Waals surface area contributed by atoms with Gasteiger partial charge in [-0.15, -0.1) is 0 Å². The molecule has 0 heterocycles. The molecule has 1 aromatic rings. The summed E-state index contributed by atoms with van der Waals surface area (Å²) in [5.41, 5.74) is 2.83. The van der Waals surface area contributed by atoms with Crippen molar-refractivity contribution in [3.8, 4) is 0 Å². The van der Waals surface area contributed by atoms with Gasteiger partial charge in [-0.2, -0.15) is 0 Å². The van der Waals surface area contributed by atoms with E-state index < -0.39 is 11.7 Å². The molecule has 2 N–H and O–H groups in total. The number of benzene rings is 1. The molecule has 0 bridgehead atoms. The number of carbonyl (C=O) groups is 2. The fourth-order valence-electron chi connectivity index (χ4n) is 2.19. The van der Waals surface area contributed by atoms with Crippen LogP contribution in [-0.4, -0.2) is 23.6 Å². The van der Waals surface area contributed by atoms with E-state index in [4.69, 9.17) is 9.57 Å². The first-order valence-corrected chi connectivity index (χ1v) is 8.74. The molecular weight excluding hydrogens is 320 g/mol. The number of alkyl carbamates (subject to hydrolysis) is 1. The molecule has 0 fully saturated rings. The molecule has 0 aliphatic carbocycles. The van der Waals surface area contributed by atoms with E-state index in [0.717, 1.165) is 18.4 Å². The van der Waals surface area contributed by atoms with Crippen molar-refractivity contribution in [3.05, 3.63) is 35.9 Å². The summed E-state index contributed by atoms with van der Waals surface area (Å²) in [5.74, 6) is -0.270. The third-order valence-corrected chi connectivity index (χ3v) is 3.33. The fraction of sp³-hybridized carbons (Fsp3) is 0.579. The van der Waals surface area contributed by atoms with Crippen LogP contribution in [-0.2, 0) is 21.0 Å². The van der Waals surface area contributed by atoms with Gasteiger partial charge in [-0.05, 0) is 32.8 Å². The van der Waals surface area contributed by atoms with Crippen LogP contribution in [0.3, 0.4) is 0 Å². The first-order valence-electron chi connectivity index (χ1n) is 8.74. The Kier molecular flexibility index (Phi) is 8.99. The van der Waals surface area contributed by atoms with Crippen LogP contribution in [0.2, 0.25) is 0 Å². The van der Waals surface area contributed by atoms with Crippen molar-refractivity contribution in [1.82, 2.24) is 10.8 Å². The molecule has 0 spiro atoms. The molecule has 140 valence electrons. The summed E-state index contributed by atoms with van der Waals surface area (Å²) in [4.78, 5) is 29.2. The van der Waals surface area contributed by atoms with Gasteiger partial charge < -0.3 is 10.1 Å². The van der Waals surface area contributed by atoms with Crippen LogP contribution in [0.1, 0.15) is 58.9 Å². The maximum absolute atomic E-state index is 12.0. The van der Waals surface area contributed by atoms with Crippen LogP contribution in [0.25, 0.3) is 0 Å². The summed E-state index contributed by atoms with van der Waals surface area (Å²) in [6.07, 6.45) is 2.25. The van der Waals surface area contributed by atoms with Crippen molar-refractivity contribution in [2.24, 2.45) is 0 Å². The van der Waals surface area contributed by atoms with E-state index in [-0.39, 0.29) is 18.4 Å². The topological polar surface area (TPSA) is 76.7 Å². The van der Waals surface area contributed by atoms with Crippen molar-refractivity contribution in [1.29, 1.82) is 0 Å². The van der Waals surface area contributed by atoms with Gasteiger partial charge in [-0.3, -0.25) is 9.63 Å². The van der Waals surface area contributed by atoms with Crippen molar-refractivity contribution < 1.29 is 19.2 Å². The monoisotopic (exact) mass is 350 g/mol. The Morgan fingerprint density at radius 1 is 1.16 bits per heavy atom. The fourth-order valence-corrected chi connectivity index (χ4v) is 2.19. The first-order chi connectivity index (χ1) is 11.8. The van der Waals surface area contributed by atoms with Gasteiger partial charge in [-0.1, -0.05) is 50.1 Å². The van der Waals surface area contributed by atoms with Gasteiger partial charge >= 0.3 is 6.09 Å². The summed E-state index contributed by atoms with van der Waals surface area (Å²) in [5, 5.41) is 2.77. The van der Waals surface area contributed by atoms with E-state index in [1.165, 1.54) is 0 Å². The van der Waals surface area contributed by atoms with Crippen LogP contribution in [0, 0.1) is 0 Å². The van der Waals surface area contributed by atoms with Gasteiger partial charge in [0.1, 0.15) is 5.60 Å². The van der Waals surface area contributed by atoms with Crippen LogP contribution < -0.4 is 10.8 Å². The standard InChI is InChI=1S/C19H30N2O4/c1-5-6-12-16(20-18(23)25-19(2,3)4)13-17(22)21-24-14-15-10-8-7-9-11-15/h7-11,16H,5-6,12-14H2,1-4H3,(H,20,23)(H,21,22)/t16-/m0/s1. The SMILES string of the molecule is CCCC[C@@H](CC(=O)NOCc1ccccc1)NC(=O)OC(C)(C)C. The lowest BCUT2D eigenvalue weighted by molar-refractivity contribution is -0.135. The number of carbonyl (C=O) groups excluding carboxylic acids is 2. The van der Waals surface area contributed by atoms with Gasteiger partial charge in [0.15, 0.2) is 0 Å². The Bertz CT molecular complexity index is 526. The molecule has 6 heteroatoms. The molecule has 1 rings (SSSR count). The van der Waals surface area contributed by atoms with Gasteiger partial charge in [0.2, 0.25) is 5.91 Å². The quantitative estimate of drug-likeness (QED) is 0.666. The zero-order chi connectivity index (χ0) is 18.7. The maximum atomic E-state index is 12.0. The Balaban J connectivity index is 2.41. The van der Waals surface area contributed by atoms with Crippen molar-refractivity contribution in [2.45, 2.75) is 71.6 Å². The lowest BCUT2D eigenvalue weighted by atomic mass is 10.1. The van der Waals surface area contributed by atoms with Gasteiger partial charge in [-0.25, -0.2) is 10.3 Å². The molecular formula is C19H30N2O4. The number of hydroxylamine groups is 1. The van der Waals surface area contributed by atoms with Gasteiger partial charge in [0.05, 0.1) is 6.61 Å². The largest absolute Gasteiger partial charge is 0.444 e. The summed E-state index contributed by atoms with van der Waals surface area (Å²) in [7, 11) is 0. The average molecular weight is 350 g/mol. The Morgan fingerprint density at radius 2 is 1.84 bits per heavy atom. The minimum absolute atomic E-state index is 0.147. The Labute approximate surface area is 150 Å². The molecule has 0 saturated carbocycles. The van der Waals surface area contributed by atoms with Crippen molar-refractivity contribution in [3.63, 3.8) is 0 Å². The minimum Gasteiger partial charge on any atom is -0.444 e.